The van der Waals surface area contributed by atoms with Gasteiger partial charge in [-0.15, -0.1) is 0 Å². The van der Waals surface area contributed by atoms with Crippen LogP contribution < -0.4 is 11.1 Å². The van der Waals surface area contributed by atoms with Crippen LogP contribution in [0, 0.1) is 0 Å². The molecular weight excluding hydrogens is 188 g/mol. The zero-order valence-electron chi connectivity index (χ0n) is 8.70. The van der Waals surface area contributed by atoms with E-state index in [1.807, 2.05) is 18.2 Å². The smallest absolute Gasteiger partial charge is 0.240 e. The minimum Gasteiger partial charge on any atom is -0.354 e. The molecule has 1 aromatic rings. The SMILES string of the molecule is NC1(C(=O)NCCc2ccccc2)CC1. The van der Waals surface area contributed by atoms with Crippen LogP contribution >= 0.6 is 0 Å². The monoisotopic (exact) mass is 204 g/mol. The Labute approximate surface area is 89.7 Å². The second kappa shape index (κ2) is 4.03. The van der Waals surface area contributed by atoms with Crippen molar-refractivity contribution in [3.8, 4) is 0 Å². The van der Waals surface area contributed by atoms with E-state index in [1.165, 1.54) is 5.56 Å². The largest absolute Gasteiger partial charge is 0.354 e. The fraction of sp³-hybridized carbons (Fsp3) is 0.417. The number of hydrogen-bond donors (Lipinski definition) is 2. The van der Waals surface area contributed by atoms with Gasteiger partial charge in [0.25, 0.3) is 0 Å². The summed E-state index contributed by atoms with van der Waals surface area (Å²) in [6.07, 6.45) is 2.51. The molecule has 1 aromatic carbocycles. The third kappa shape index (κ3) is 2.57. The number of rotatable bonds is 4. The van der Waals surface area contributed by atoms with E-state index in [9.17, 15) is 4.79 Å². The number of carbonyl (C=O) groups is 1. The van der Waals surface area contributed by atoms with Gasteiger partial charge >= 0.3 is 0 Å². The van der Waals surface area contributed by atoms with Crippen molar-refractivity contribution in [2.24, 2.45) is 5.73 Å². The molecule has 3 heteroatoms. The van der Waals surface area contributed by atoms with Crippen LogP contribution in [0.4, 0.5) is 0 Å². The topological polar surface area (TPSA) is 55.1 Å². The highest BCUT2D eigenvalue weighted by Crippen LogP contribution is 2.31. The third-order valence-electron chi connectivity index (χ3n) is 2.78. The molecule has 1 saturated carbocycles. The van der Waals surface area contributed by atoms with Gasteiger partial charge in [-0.05, 0) is 24.8 Å². The van der Waals surface area contributed by atoms with E-state index in [-0.39, 0.29) is 5.91 Å². The van der Waals surface area contributed by atoms with Gasteiger partial charge in [0.2, 0.25) is 5.91 Å². The molecule has 0 spiro atoms. The van der Waals surface area contributed by atoms with Crippen molar-refractivity contribution in [1.82, 2.24) is 5.32 Å². The van der Waals surface area contributed by atoms with E-state index >= 15 is 0 Å². The van der Waals surface area contributed by atoms with Crippen LogP contribution in [0.15, 0.2) is 30.3 Å². The Kier molecular flexibility index (Phi) is 2.73. The van der Waals surface area contributed by atoms with E-state index in [1.54, 1.807) is 0 Å². The van der Waals surface area contributed by atoms with Crippen molar-refractivity contribution in [2.75, 3.05) is 6.54 Å². The molecule has 0 aliphatic heterocycles. The van der Waals surface area contributed by atoms with Crippen molar-refractivity contribution in [1.29, 1.82) is 0 Å². The maximum absolute atomic E-state index is 11.5. The number of nitrogens with one attached hydrogen (secondary N) is 1. The molecule has 0 saturated heterocycles. The molecule has 15 heavy (non-hydrogen) atoms. The normalized spacial score (nSPS) is 17.1. The van der Waals surface area contributed by atoms with Crippen molar-refractivity contribution < 1.29 is 4.79 Å². The molecule has 0 aromatic heterocycles. The first-order valence-electron chi connectivity index (χ1n) is 5.32. The summed E-state index contributed by atoms with van der Waals surface area (Å²) in [7, 11) is 0. The Morgan fingerprint density at radius 3 is 2.60 bits per heavy atom. The third-order valence-corrected chi connectivity index (χ3v) is 2.78. The lowest BCUT2D eigenvalue weighted by Gasteiger charge is -2.09. The molecule has 3 N–H and O–H groups in total. The number of nitrogens with two attached hydrogens (primary N) is 1. The van der Waals surface area contributed by atoms with Crippen LogP contribution in [0.2, 0.25) is 0 Å². The molecule has 0 heterocycles. The molecule has 3 nitrogen and oxygen atoms in total. The van der Waals surface area contributed by atoms with E-state index in [0.717, 1.165) is 19.3 Å². The average Bonchev–Trinajstić information content (AvgIpc) is 2.99. The quantitative estimate of drug-likeness (QED) is 0.763. The van der Waals surface area contributed by atoms with Gasteiger partial charge in [0, 0.05) is 6.54 Å². The first-order chi connectivity index (χ1) is 7.21. The van der Waals surface area contributed by atoms with E-state index in [2.05, 4.69) is 17.4 Å². The number of benzene rings is 1. The zero-order chi connectivity index (χ0) is 10.7. The van der Waals surface area contributed by atoms with Crippen molar-refractivity contribution in [2.45, 2.75) is 24.8 Å². The van der Waals surface area contributed by atoms with Crippen LogP contribution in [0.3, 0.4) is 0 Å². The van der Waals surface area contributed by atoms with Crippen LogP contribution in [0.25, 0.3) is 0 Å². The Bertz CT molecular complexity index is 344. The summed E-state index contributed by atoms with van der Waals surface area (Å²) in [6.45, 7) is 0.668. The fourth-order valence-corrected chi connectivity index (χ4v) is 1.50. The highest BCUT2D eigenvalue weighted by molar-refractivity contribution is 5.88. The molecule has 80 valence electrons. The van der Waals surface area contributed by atoms with Gasteiger partial charge in [-0.1, -0.05) is 30.3 Å². The van der Waals surface area contributed by atoms with Crippen LogP contribution in [-0.2, 0) is 11.2 Å². The fourth-order valence-electron chi connectivity index (χ4n) is 1.50. The van der Waals surface area contributed by atoms with Gasteiger partial charge in [-0.25, -0.2) is 0 Å². The predicted molar refractivity (Wildman–Crippen MR) is 59.3 cm³/mol. The Hall–Kier alpha value is -1.35. The predicted octanol–water partition coefficient (Wildman–Crippen LogP) is 0.837. The molecule has 0 bridgehead atoms. The highest BCUT2D eigenvalue weighted by atomic mass is 16.2. The molecular formula is C12H16N2O. The van der Waals surface area contributed by atoms with Gasteiger partial charge in [-0.3, -0.25) is 4.79 Å². The summed E-state index contributed by atoms with van der Waals surface area (Å²) in [6, 6.07) is 10.1. The van der Waals surface area contributed by atoms with Gasteiger partial charge in [-0.2, -0.15) is 0 Å². The summed E-state index contributed by atoms with van der Waals surface area (Å²) in [5.74, 6) is -0.00145. The highest BCUT2D eigenvalue weighted by Gasteiger charge is 2.45. The summed E-state index contributed by atoms with van der Waals surface area (Å²) >= 11 is 0. The Morgan fingerprint density at radius 2 is 2.00 bits per heavy atom. The maximum Gasteiger partial charge on any atom is 0.240 e. The Balaban J connectivity index is 1.73. The first kappa shape index (κ1) is 10.2. The molecule has 1 fully saturated rings. The summed E-state index contributed by atoms with van der Waals surface area (Å²) in [4.78, 5) is 11.5. The minimum atomic E-state index is -0.545. The molecule has 0 atom stereocenters. The number of amides is 1. The van der Waals surface area contributed by atoms with Gasteiger partial charge in [0.1, 0.15) is 0 Å². The number of carbonyl (C=O) groups excluding carboxylic acids is 1. The second-order valence-corrected chi connectivity index (χ2v) is 4.15. The average molecular weight is 204 g/mol. The molecule has 1 aliphatic rings. The maximum atomic E-state index is 11.5. The van der Waals surface area contributed by atoms with Crippen molar-refractivity contribution >= 4 is 5.91 Å². The summed E-state index contributed by atoms with van der Waals surface area (Å²) < 4.78 is 0. The van der Waals surface area contributed by atoms with Crippen LogP contribution in [0.1, 0.15) is 18.4 Å². The van der Waals surface area contributed by atoms with Crippen molar-refractivity contribution in [3.05, 3.63) is 35.9 Å². The Morgan fingerprint density at radius 1 is 1.33 bits per heavy atom. The number of hydrogen-bond acceptors (Lipinski definition) is 2. The standard InChI is InChI=1S/C12H16N2O/c13-12(7-8-12)11(15)14-9-6-10-4-2-1-3-5-10/h1-5H,6-9,13H2,(H,14,15). The summed E-state index contributed by atoms with van der Waals surface area (Å²) in [5.41, 5.74) is 6.45. The van der Waals surface area contributed by atoms with E-state index in [0.29, 0.717) is 6.54 Å². The first-order valence-corrected chi connectivity index (χ1v) is 5.32. The lowest BCUT2D eigenvalue weighted by Crippen LogP contribution is -2.43. The van der Waals surface area contributed by atoms with Crippen molar-refractivity contribution in [3.63, 3.8) is 0 Å². The van der Waals surface area contributed by atoms with Crippen LogP contribution in [0.5, 0.6) is 0 Å². The van der Waals surface area contributed by atoms with E-state index < -0.39 is 5.54 Å². The van der Waals surface area contributed by atoms with Gasteiger partial charge in [0.05, 0.1) is 5.54 Å². The molecule has 1 aliphatic carbocycles. The molecule has 1 amide bonds. The van der Waals surface area contributed by atoms with E-state index in [4.69, 9.17) is 5.73 Å². The lowest BCUT2D eigenvalue weighted by molar-refractivity contribution is -0.123. The minimum absolute atomic E-state index is 0.00145. The second-order valence-electron chi connectivity index (χ2n) is 4.15. The molecule has 0 unspecified atom stereocenters. The van der Waals surface area contributed by atoms with Gasteiger partial charge < -0.3 is 11.1 Å². The zero-order valence-corrected chi connectivity index (χ0v) is 8.70. The molecule has 2 rings (SSSR count). The van der Waals surface area contributed by atoms with Crippen LogP contribution in [-0.4, -0.2) is 18.0 Å². The lowest BCUT2D eigenvalue weighted by atomic mass is 10.1. The summed E-state index contributed by atoms with van der Waals surface area (Å²) in [5, 5.41) is 2.87. The van der Waals surface area contributed by atoms with Gasteiger partial charge in [0.15, 0.2) is 0 Å². The molecule has 0 radical (unpaired) electrons.